The van der Waals surface area contributed by atoms with Crippen molar-refractivity contribution in [2.75, 3.05) is 36.4 Å². The van der Waals surface area contributed by atoms with Gasteiger partial charge in [0.05, 0.1) is 28.1 Å². The Bertz CT molecular complexity index is 1020. The zero-order valence-corrected chi connectivity index (χ0v) is 17.1. The minimum atomic E-state index is 0.449. The Labute approximate surface area is 173 Å². The van der Waals surface area contributed by atoms with Crippen molar-refractivity contribution in [1.29, 1.82) is 0 Å². The van der Waals surface area contributed by atoms with E-state index < -0.39 is 0 Å². The first-order valence-electron chi connectivity index (χ1n) is 9.17. The van der Waals surface area contributed by atoms with Crippen LogP contribution in [0.1, 0.15) is 13.3 Å². The molecule has 0 spiro atoms. The molecule has 0 unspecified atom stereocenters. The summed E-state index contributed by atoms with van der Waals surface area (Å²) in [5, 5.41) is 12.8. The molecular formula is C19H21Cl2N7. The highest BCUT2D eigenvalue weighted by atomic mass is 35.5. The minimum absolute atomic E-state index is 0.449. The molecule has 0 radical (unpaired) electrons. The maximum Gasteiger partial charge on any atom is 0.227 e. The van der Waals surface area contributed by atoms with Crippen molar-refractivity contribution in [3.63, 3.8) is 0 Å². The van der Waals surface area contributed by atoms with Crippen molar-refractivity contribution >= 4 is 57.1 Å². The van der Waals surface area contributed by atoms with Gasteiger partial charge < -0.3 is 15.5 Å². The number of allylic oxidation sites excluding steroid dienone is 1. The van der Waals surface area contributed by atoms with Crippen molar-refractivity contribution in [2.24, 2.45) is 0 Å². The van der Waals surface area contributed by atoms with Crippen LogP contribution in [0.25, 0.3) is 16.6 Å². The van der Waals surface area contributed by atoms with Crippen LogP contribution in [0.5, 0.6) is 0 Å². The molecule has 146 valence electrons. The lowest BCUT2D eigenvalue weighted by Gasteiger charge is -2.30. The van der Waals surface area contributed by atoms with Gasteiger partial charge in [0.25, 0.3) is 0 Å². The highest BCUT2D eigenvalue weighted by molar-refractivity contribution is 6.34. The summed E-state index contributed by atoms with van der Waals surface area (Å²) in [6.07, 6.45) is 4.15. The fourth-order valence-electron chi connectivity index (χ4n) is 3.16. The van der Waals surface area contributed by atoms with Gasteiger partial charge in [0, 0.05) is 43.5 Å². The molecule has 0 bridgehead atoms. The van der Waals surface area contributed by atoms with Crippen LogP contribution in [-0.2, 0) is 0 Å². The van der Waals surface area contributed by atoms with E-state index in [1.807, 2.05) is 19.1 Å². The number of piperazine rings is 1. The number of anilines is 3. The van der Waals surface area contributed by atoms with Gasteiger partial charge in [-0.25, -0.2) is 14.6 Å². The van der Waals surface area contributed by atoms with E-state index in [2.05, 4.69) is 37.2 Å². The van der Waals surface area contributed by atoms with Gasteiger partial charge >= 0.3 is 0 Å². The van der Waals surface area contributed by atoms with E-state index in [0.29, 0.717) is 21.8 Å². The molecule has 0 aliphatic carbocycles. The Balaban J connectivity index is 1.64. The zero-order chi connectivity index (χ0) is 19.7. The van der Waals surface area contributed by atoms with Gasteiger partial charge in [-0.15, -0.1) is 0 Å². The number of halogens is 2. The molecule has 0 atom stereocenters. The fourth-order valence-corrected chi connectivity index (χ4v) is 3.71. The number of nitrogens with one attached hydrogen (secondary N) is 2. The Morgan fingerprint density at radius 1 is 1.25 bits per heavy atom. The van der Waals surface area contributed by atoms with E-state index in [0.717, 1.165) is 54.9 Å². The second-order valence-corrected chi connectivity index (χ2v) is 7.36. The molecule has 1 aromatic carbocycles. The second kappa shape index (κ2) is 7.95. The van der Waals surface area contributed by atoms with E-state index in [1.54, 1.807) is 17.1 Å². The molecule has 7 nitrogen and oxygen atoms in total. The number of rotatable bonds is 5. The van der Waals surface area contributed by atoms with Gasteiger partial charge in [-0.05, 0) is 18.6 Å². The van der Waals surface area contributed by atoms with Crippen LogP contribution in [0.3, 0.4) is 0 Å². The van der Waals surface area contributed by atoms with Crippen LogP contribution >= 0.6 is 23.2 Å². The third-order valence-corrected chi connectivity index (χ3v) is 5.44. The smallest absolute Gasteiger partial charge is 0.227 e. The van der Waals surface area contributed by atoms with Crippen LogP contribution in [0, 0.1) is 0 Å². The maximum absolute atomic E-state index is 6.50. The quantitative estimate of drug-likeness (QED) is 0.648. The van der Waals surface area contributed by atoms with Crippen LogP contribution in [0.4, 0.5) is 17.3 Å². The topological polar surface area (TPSA) is 70.9 Å². The van der Waals surface area contributed by atoms with Crippen molar-refractivity contribution in [3.05, 3.63) is 41.3 Å². The highest BCUT2D eigenvalue weighted by Gasteiger charge is 2.16. The van der Waals surface area contributed by atoms with Crippen molar-refractivity contribution in [2.45, 2.75) is 13.3 Å². The normalized spacial score (nSPS) is 14.5. The molecule has 2 aromatic heterocycles. The summed E-state index contributed by atoms with van der Waals surface area (Å²) in [7, 11) is 0. The zero-order valence-electron chi connectivity index (χ0n) is 15.5. The average molecular weight is 418 g/mol. The van der Waals surface area contributed by atoms with Gasteiger partial charge in [-0.1, -0.05) is 36.7 Å². The highest BCUT2D eigenvalue weighted by Crippen LogP contribution is 2.32. The van der Waals surface area contributed by atoms with Gasteiger partial charge in [0.2, 0.25) is 5.95 Å². The van der Waals surface area contributed by atoms with Crippen molar-refractivity contribution < 1.29 is 0 Å². The van der Waals surface area contributed by atoms with Crippen LogP contribution in [-0.4, -0.2) is 45.9 Å². The number of benzene rings is 1. The minimum Gasteiger partial charge on any atom is -0.368 e. The van der Waals surface area contributed by atoms with E-state index >= 15 is 0 Å². The molecule has 2 N–H and O–H groups in total. The summed E-state index contributed by atoms with van der Waals surface area (Å²) in [4.78, 5) is 11.3. The van der Waals surface area contributed by atoms with E-state index in [1.165, 1.54) is 0 Å². The van der Waals surface area contributed by atoms with Crippen molar-refractivity contribution in [1.82, 2.24) is 25.1 Å². The second-order valence-electron chi connectivity index (χ2n) is 6.60. The SMILES string of the molecule is C=C(CC)n1ncc(Nc2ncc3cc(Cl)c(N4CCNCC4)cc3n2)c1Cl. The molecule has 1 aliphatic rings. The lowest BCUT2D eigenvalue weighted by atomic mass is 10.2. The first-order chi connectivity index (χ1) is 13.6. The number of aromatic nitrogens is 4. The van der Waals surface area contributed by atoms with Crippen LogP contribution in [0.2, 0.25) is 10.2 Å². The van der Waals surface area contributed by atoms with Gasteiger partial charge in [-0.2, -0.15) is 5.10 Å². The Morgan fingerprint density at radius 3 is 2.79 bits per heavy atom. The molecule has 3 aromatic rings. The molecule has 1 saturated heterocycles. The lowest BCUT2D eigenvalue weighted by Crippen LogP contribution is -2.43. The molecule has 1 fully saturated rings. The predicted molar refractivity (Wildman–Crippen MR) is 116 cm³/mol. The fraction of sp³-hybridized carbons (Fsp3) is 0.316. The van der Waals surface area contributed by atoms with Gasteiger partial charge in [0.15, 0.2) is 5.15 Å². The van der Waals surface area contributed by atoms with E-state index in [4.69, 9.17) is 23.2 Å². The van der Waals surface area contributed by atoms with Gasteiger partial charge in [-0.3, -0.25) is 0 Å². The molecule has 1 aliphatic heterocycles. The first kappa shape index (κ1) is 19.0. The molecule has 9 heteroatoms. The Kier molecular flexibility index (Phi) is 5.39. The predicted octanol–water partition coefficient (Wildman–Crippen LogP) is 4.17. The molecule has 3 heterocycles. The van der Waals surface area contributed by atoms with Crippen LogP contribution in [0.15, 0.2) is 31.1 Å². The first-order valence-corrected chi connectivity index (χ1v) is 9.93. The molecule has 0 amide bonds. The maximum atomic E-state index is 6.50. The molecule has 4 rings (SSSR count). The average Bonchev–Trinajstić information content (AvgIpc) is 3.08. The monoisotopic (exact) mass is 417 g/mol. The van der Waals surface area contributed by atoms with E-state index in [9.17, 15) is 0 Å². The number of hydrogen-bond acceptors (Lipinski definition) is 6. The summed E-state index contributed by atoms with van der Waals surface area (Å²) < 4.78 is 1.60. The molecule has 28 heavy (non-hydrogen) atoms. The molecule has 0 saturated carbocycles. The van der Waals surface area contributed by atoms with Gasteiger partial charge in [0.1, 0.15) is 0 Å². The third-order valence-electron chi connectivity index (χ3n) is 4.77. The summed E-state index contributed by atoms with van der Waals surface area (Å²) >= 11 is 12.9. The summed E-state index contributed by atoms with van der Waals surface area (Å²) in [5.74, 6) is 0.449. The molecular weight excluding hydrogens is 397 g/mol. The lowest BCUT2D eigenvalue weighted by molar-refractivity contribution is 0.589. The third kappa shape index (κ3) is 3.65. The Hall–Kier alpha value is -2.35. The Morgan fingerprint density at radius 2 is 2.04 bits per heavy atom. The summed E-state index contributed by atoms with van der Waals surface area (Å²) in [6, 6.07) is 3.92. The van der Waals surface area contributed by atoms with Crippen LogP contribution < -0.4 is 15.5 Å². The summed E-state index contributed by atoms with van der Waals surface area (Å²) in [5.41, 5.74) is 3.25. The number of fused-ring (bicyclic) bond motifs is 1. The largest absolute Gasteiger partial charge is 0.368 e. The summed E-state index contributed by atoms with van der Waals surface area (Å²) in [6.45, 7) is 9.67. The van der Waals surface area contributed by atoms with E-state index in [-0.39, 0.29) is 0 Å². The number of nitrogens with zero attached hydrogens (tertiary/aromatic N) is 5. The standard InChI is InChI=1S/C19H21Cl2N7/c1-3-12(2)28-18(21)16(11-24-28)26-19-23-10-13-8-14(20)17(9-15(13)25-19)27-6-4-22-5-7-27/h8-11,22H,2-7H2,1H3,(H,23,25,26). The van der Waals surface area contributed by atoms with Crippen molar-refractivity contribution in [3.8, 4) is 0 Å². The number of hydrogen-bond donors (Lipinski definition) is 2.